The lowest BCUT2D eigenvalue weighted by Gasteiger charge is -2.31. The summed E-state index contributed by atoms with van der Waals surface area (Å²) < 4.78 is 4.61. The van der Waals surface area contributed by atoms with E-state index in [-0.39, 0.29) is 17.0 Å². The number of carbonyl (C=O) groups is 1. The highest BCUT2D eigenvalue weighted by atomic mass is 16.5. The SMILES string of the molecule is COC(=O)CC(C)(C)NNC(C)(C)C. The van der Waals surface area contributed by atoms with Gasteiger partial charge in [-0.3, -0.25) is 15.6 Å². The first-order valence-electron chi connectivity index (χ1n) is 4.77. The third-order valence-electron chi connectivity index (χ3n) is 1.59. The highest BCUT2D eigenvalue weighted by molar-refractivity contribution is 5.70. The molecule has 0 amide bonds. The Kier molecular flexibility index (Phi) is 4.55. The number of carbonyl (C=O) groups excluding carboxylic acids is 1. The summed E-state index contributed by atoms with van der Waals surface area (Å²) in [6.45, 7) is 10.0. The van der Waals surface area contributed by atoms with Gasteiger partial charge in [-0.25, -0.2) is 0 Å². The highest BCUT2D eigenvalue weighted by Crippen LogP contribution is 2.09. The van der Waals surface area contributed by atoms with Crippen LogP contribution in [0, 0.1) is 0 Å². The molecular formula is C10H22N2O2. The zero-order chi connectivity index (χ0) is 11.4. The van der Waals surface area contributed by atoms with E-state index < -0.39 is 0 Å². The van der Waals surface area contributed by atoms with E-state index in [1.165, 1.54) is 7.11 Å². The van der Waals surface area contributed by atoms with E-state index >= 15 is 0 Å². The summed E-state index contributed by atoms with van der Waals surface area (Å²) in [5.74, 6) is -0.210. The molecule has 0 saturated carbocycles. The van der Waals surface area contributed by atoms with Gasteiger partial charge in [-0.1, -0.05) is 0 Å². The number of rotatable bonds is 4. The number of nitrogens with one attached hydrogen (secondary N) is 2. The van der Waals surface area contributed by atoms with Crippen LogP contribution in [0.3, 0.4) is 0 Å². The van der Waals surface area contributed by atoms with Gasteiger partial charge < -0.3 is 4.74 Å². The van der Waals surface area contributed by atoms with Crippen LogP contribution in [0.25, 0.3) is 0 Å². The molecule has 14 heavy (non-hydrogen) atoms. The number of hydrazine groups is 1. The third kappa shape index (κ3) is 6.86. The number of ether oxygens (including phenoxy) is 1. The Bertz CT molecular complexity index is 195. The van der Waals surface area contributed by atoms with Crippen molar-refractivity contribution in [2.75, 3.05) is 7.11 Å². The molecule has 2 N–H and O–H groups in total. The summed E-state index contributed by atoms with van der Waals surface area (Å²) in [5, 5.41) is 0. The molecule has 0 rings (SSSR count). The highest BCUT2D eigenvalue weighted by Gasteiger charge is 2.23. The summed E-state index contributed by atoms with van der Waals surface area (Å²) >= 11 is 0. The van der Waals surface area contributed by atoms with Crippen molar-refractivity contribution in [3.63, 3.8) is 0 Å². The molecule has 0 aromatic rings. The summed E-state index contributed by atoms with van der Waals surface area (Å²) in [4.78, 5) is 11.1. The Labute approximate surface area is 86.4 Å². The maximum absolute atomic E-state index is 11.1. The molecule has 0 aliphatic heterocycles. The van der Waals surface area contributed by atoms with Crippen molar-refractivity contribution in [3.8, 4) is 0 Å². The number of esters is 1. The summed E-state index contributed by atoms with van der Waals surface area (Å²) in [6.07, 6.45) is 0.340. The van der Waals surface area contributed by atoms with Crippen molar-refractivity contribution in [3.05, 3.63) is 0 Å². The van der Waals surface area contributed by atoms with Gasteiger partial charge in [0.05, 0.1) is 13.5 Å². The van der Waals surface area contributed by atoms with Gasteiger partial charge in [0.2, 0.25) is 0 Å². The molecule has 0 radical (unpaired) electrons. The van der Waals surface area contributed by atoms with Gasteiger partial charge in [-0.15, -0.1) is 0 Å². The van der Waals surface area contributed by atoms with Crippen molar-refractivity contribution in [2.24, 2.45) is 0 Å². The van der Waals surface area contributed by atoms with Gasteiger partial charge in [0.1, 0.15) is 0 Å². The fourth-order valence-corrected chi connectivity index (χ4v) is 0.834. The molecule has 0 saturated heterocycles. The third-order valence-corrected chi connectivity index (χ3v) is 1.59. The average molecular weight is 202 g/mol. The Balaban J connectivity index is 4.01. The maximum Gasteiger partial charge on any atom is 0.307 e. The van der Waals surface area contributed by atoms with Crippen molar-refractivity contribution in [1.82, 2.24) is 10.9 Å². The molecule has 0 aliphatic rings. The van der Waals surface area contributed by atoms with Crippen LogP contribution in [0.2, 0.25) is 0 Å². The summed E-state index contributed by atoms with van der Waals surface area (Å²) in [5.41, 5.74) is 5.92. The quantitative estimate of drug-likeness (QED) is 0.531. The zero-order valence-corrected chi connectivity index (χ0v) is 10.0. The minimum absolute atomic E-state index is 0.0204. The topological polar surface area (TPSA) is 50.4 Å². The predicted octanol–water partition coefficient (Wildman–Crippen LogP) is 1.22. The second-order valence-corrected chi connectivity index (χ2v) is 5.14. The lowest BCUT2D eigenvalue weighted by atomic mass is 10.0. The second-order valence-electron chi connectivity index (χ2n) is 5.14. The minimum Gasteiger partial charge on any atom is -0.469 e. The van der Waals surface area contributed by atoms with Gasteiger partial charge >= 0.3 is 5.97 Å². The largest absolute Gasteiger partial charge is 0.469 e. The number of hydrogen-bond acceptors (Lipinski definition) is 4. The van der Waals surface area contributed by atoms with Crippen LogP contribution in [-0.4, -0.2) is 24.2 Å². The molecule has 0 unspecified atom stereocenters. The molecule has 84 valence electrons. The van der Waals surface area contributed by atoms with Crippen molar-refractivity contribution in [2.45, 2.75) is 52.1 Å². The van der Waals surface area contributed by atoms with Gasteiger partial charge in [0.25, 0.3) is 0 Å². The van der Waals surface area contributed by atoms with E-state index in [4.69, 9.17) is 0 Å². The smallest absolute Gasteiger partial charge is 0.307 e. The molecule has 4 heteroatoms. The second kappa shape index (κ2) is 4.75. The van der Waals surface area contributed by atoms with Crippen LogP contribution >= 0.6 is 0 Å². The van der Waals surface area contributed by atoms with Crippen molar-refractivity contribution in [1.29, 1.82) is 0 Å². The summed E-state index contributed by atoms with van der Waals surface area (Å²) in [6, 6.07) is 0. The Morgan fingerprint density at radius 2 is 1.64 bits per heavy atom. The molecule has 0 heterocycles. The van der Waals surface area contributed by atoms with E-state index in [1.54, 1.807) is 0 Å². The molecule has 0 aromatic heterocycles. The molecule has 0 fully saturated rings. The van der Waals surface area contributed by atoms with Crippen molar-refractivity contribution >= 4 is 5.97 Å². The normalized spacial score (nSPS) is 12.7. The van der Waals surface area contributed by atoms with Crippen LogP contribution < -0.4 is 10.9 Å². The number of methoxy groups -OCH3 is 1. The van der Waals surface area contributed by atoms with Gasteiger partial charge in [0.15, 0.2) is 0 Å². The predicted molar refractivity (Wildman–Crippen MR) is 56.7 cm³/mol. The van der Waals surface area contributed by atoms with E-state index in [9.17, 15) is 4.79 Å². The first-order chi connectivity index (χ1) is 6.16. The van der Waals surface area contributed by atoms with E-state index in [0.717, 1.165) is 0 Å². The van der Waals surface area contributed by atoms with Crippen LogP contribution in [0.5, 0.6) is 0 Å². The Morgan fingerprint density at radius 3 is 2.00 bits per heavy atom. The fraction of sp³-hybridized carbons (Fsp3) is 0.900. The van der Waals surface area contributed by atoms with Gasteiger partial charge in [-0.2, -0.15) is 0 Å². The molecule has 0 bridgehead atoms. The monoisotopic (exact) mass is 202 g/mol. The molecule has 0 aliphatic carbocycles. The van der Waals surface area contributed by atoms with Gasteiger partial charge in [0, 0.05) is 11.1 Å². The Hall–Kier alpha value is -0.610. The van der Waals surface area contributed by atoms with Crippen LogP contribution in [-0.2, 0) is 9.53 Å². The average Bonchev–Trinajstić information content (AvgIpc) is 1.99. The van der Waals surface area contributed by atoms with E-state index in [1.807, 2.05) is 34.6 Å². The summed E-state index contributed by atoms with van der Waals surface area (Å²) in [7, 11) is 1.40. The van der Waals surface area contributed by atoms with Crippen molar-refractivity contribution < 1.29 is 9.53 Å². The molecule has 0 atom stereocenters. The maximum atomic E-state index is 11.1. The van der Waals surface area contributed by atoms with Crippen LogP contribution in [0.1, 0.15) is 41.0 Å². The van der Waals surface area contributed by atoms with Crippen LogP contribution in [0.15, 0.2) is 0 Å². The van der Waals surface area contributed by atoms with E-state index in [0.29, 0.717) is 6.42 Å². The molecule has 0 spiro atoms. The fourth-order valence-electron chi connectivity index (χ4n) is 0.834. The lowest BCUT2D eigenvalue weighted by Crippen LogP contribution is -2.56. The first-order valence-corrected chi connectivity index (χ1v) is 4.77. The lowest BCUT2D eigenvalue weighted by molar-refractivity contribution is -0.142. The molecule has 0 aromatic carbocycles. The standard InChI is InChI=1S/C10H22N2O2/c1-9(2,3)11-12-10(4,5)7-8(13)14-6/h11-12H,7H2,1-6H3. The molecule has 4 nitrogen and oxygen atoms in total. The van der Waals surface area contributed by atoms with Crippen LogP contribution in [0.4, 0.5) is 0 Å². The van der Waals surface area contributed by atoms with Gasteiger partial charge in [-0.05, 0) is 34.6 Å². The number of hydrogen-bond donors (Lipinski definition) is 2. The first kappa shape index (κ1) is 13.4. The van der Waals surface area contributed by atoms with E-state index in [2.05, 4.69) is 15.6 Å². The Morgan fingerprint density at radius 1 is 1.14 bits per heavy atom. The zero-order valence-electron chi connectivity index (χ0n) is 10.0. The molecular weight excluding hydrogens is 180 g/mol. The minimum atomic E-state index is -0.305.